The quantitative estimate of drug-likeness (QED) is 0.782. The zero-order chi connectivity index (χ0) is 13.3. The Balaban J connectivity index is 2.47. The summed E-state index contributed by atoms with van der Waals surface area (Å²) in [5.74, 6) is -0.700. The van der Waals surface area contributed by atoms with Crippen LogP contribution in [0.25, 0.3) is 11.1 Å². The van der Waals surface area contributed by atoms with Gasteiger partial charge in [0.1, 0.15) is 5.82 Å². The molecule has 0 fully saturated rings. The lowest BCUT2D eigenvalue weighted by Gasteiger charge is -2.08. The fourth-order valence-corrected chi connectivity index (χ4v) is 1.51. The van der Waals surface area contributed by atoms with Crippen molar-refractivity contribution in [2.45, 2.75) is 6.18 Å². The van der Waals surface area contributed by atoms with Crippen LogP contribution in [-0.2, 0) is 6.18 Å². The molecular formula is C12H7F4NO. The normalized spacial score (nSPS) is 11.6. The second-order valence-corrected chi connectivity index (χ2v) is 3.63. The lowest BCUT2D eigenvalue weighted by atomic mass is 10.0. The number of hydrogen-bond donors (Lipinski definition) is 1. The number of aromatic nitrogens is 1. The van der Waals surface area contributed by atoms with Crippen molar-refractivity contribution in [2.75, 3.05) is 0 Å². The SMILES string of the molecule is O=c1cc(-c2ccc(C(F)(F)F)cc2)c(F)c[nH]1. The first kappa shape index (κ1) is 12.3. The highest BCUT2D eigenvalue weighted by Crippen LogP contribution is 2.31. The standard InChI is InChI=1S/C12H7F4NO/c13-10-6-17-11(18)5-9(10)7-1-3-8(4-2-7)12(14,15)16/h1-6H,(H,17,18). The summed E-state index contributed by atoms with van der Waals surface area (Å²) in [5, 5.41) is 0. The highest BCUT2D eigenvalue weighted by molar-refractivity contribution is 5.63. The molecule has 0 aliphatic carbocycles. The molecule has 1 aromatic heterocycles. The molecule has 0 aliphatic rings. The molecule has 2 nitrogen and oxygen atoms in total. The van der Waals surface area contributed by atoms with Crippen LogP contribution in [-0.4, -0.2) is 4.98 Å². The topological polar surface area (TPSA) is 32.9 Å². The van der Waals surface area contributed by atoms with Crippen molar-refractivity contribution >= 4 is 0 Å². The van der Waals surface area contributed by atoms with Gasteiger partial charge in [-0.05, 0) is 17.7 Å². The van der Waals surface area contributed by atoms with Crippen molar-refractivity contribution in [3.63, 3.8) is 0 Å². The highest BCUT2D eigenvalue weighted by Gasteiger charge is 2.30. The van der Waals surface area contributed by atoms with Gasteiger partial charge in [0.05, 0.1) is 5.56 Å². The molecule has 1 aromatic carbocycles. The summed E-state index contributed by atoms with van der Waals surface area (Å²) in [6.07, 6.45) is -3.57. The predicted molar refractivity (Wildman–Crippen MR) is 57.5 cm³/mol. The first-order valence-electron chi connectivity index (χ1n) is 4.94. The summed E-state index contributed by atoms with van der Waals surface area (Å²) in [5.41, 5.74) is -1.16. The van der Waals surface area contributed by atoms with Gasteiger partial charge in [-0.15, -0.1) is 0 Å². The second kappa shape index (κ2) is 4.29. The van der Waals surface area contributed by atoms with E-state index < -0.39 is 23.1 Å². The molecule has 1 heterocycles. The monoisotopic (exact) mass is 257 g/mol. The third-order valence-electron chi connectivity index (χ3n) is 2.40. The Morgan fingerprint density at radius 2 is 1.67 bits per heavy atom. The van der Waals surface area contributed by atoms with Crippen LogP contribution in [0.3, 0.4) is 0 Å². The van der Waals surface area contributed by atoms with E-state index >= 15 is 0 Å². The van der Waals surface area contributed by atoms with Crippen molar-refractivity contribution in [3.05, 3.63) is 58.3 Å². The molecule has 0 unspecified atom stereocenters. The molecule has 1 N–H and O–H groups in total. The van der Waals surface area contributed by atoms with Crippen LogP contribution in [0.1, 0.15) is 5.56 Å². The number of pyridine rings is 1. The van der Waals surface area contributed by atoms with Crippen LogP contribution < -0.4 is 5.56 Å². The molecule has 0 radical (unpaired) electrons. The van der Waals surface area contributed by atoms with E-state index in [1.807, 2.05) is 0 Å². The minimum Gasteiger partial charge on any atom is -0.326 e. The summed E-state index contributed by atoms with van der Waals surface area (Å²) in [7, 11) is 0. The zero-order valence-electron chi connectivity index (χ0n) is 8.88. The number of halogens is 4. The van der Waals surface area contributed by atoms with Gasteiger partial charge in [-0.1, -0.05) is 12.1 Å². The minimum atomic E-state index is -4.44. The molecule has 6 heteroatoms. The zero-order valence-corrected chi connectivity index (χ0v) is 8.88. The number of nitrogens with one attached hydrogen (secondary N) is 1. The second-order valence-electron chi connectivity index (χ2n) is 3.63. The summed E-state index contributed by atoms with van der Waals surface area (Å²) < 4.78 is 50.4. The van der Waals surface area contributed by atoms with Crippen molar-refractivity contribution in [3.8, 4) is 11.1 Å². The van der Waals surface area contributed by atoms with Gasteiger partial charge in [0, 0.05) is 17.8 Å². The summed E-state index contributed by atoms with van der Waals surface area (Å²) in [6, 6.07) is 4.94. The van der Waals surface area contributed by atoms with Crippen LogP contribution in [0.4, 0.5) is 17.6 Å². The Hall–Kier alpha value is -2.11. The lowest BCUT2D eigenvalue weighted by Crippen LogP contribution is -2.06. The summed E-state index contributed by atoms with van der Waals surface area (Å²) >= 11 is 0. The lowest BCUT2D eigenvalue weighted by molar-refractivity contribution is -0.137. The number of hydrogen-bond acceptors (Lipinski definition) is 1. The molecular weight excluding hydrogens is 250 g/mol. The van der Waals surface area contributed by atoms with Crippen LogP contribution in [0.15, 0.2) is 41.3 Å². The van der Waals surface area contributed by atoms with E-state index in [4.69, 9.17) is 0 Å². The number of alkyl halides is 3. The third-order valence-corrected chi connectivity index (χ3v) is 2.40. The average molecular weight is 257 g/mol. The van der Waals surface area contributed by atoms with E-state index in [0.717, 1.165) is 36.5 Å². The molecule has 0 spiro atoms. The number of H-pyrrole nitrogens is 1. The van der Waals surface area contributed by atoms with Crippen molar-refractivity contribution in [1.82, 2.24) is 4.98 Å². The molecule has 18 heavy (non-hydrogen) atoms. The Kier molecular flexibility index (Phi) is 2.94. The Morgan fingerprint density at radius 1 is 1.06 bits per heavy atom. The molecule has 0 atom stereocenters. The average Bonchev–Trinajstić information content (AvgIpc) is 2.31. The summed E-state index contributed by atoms with van der Waals surface area (Å²) in [4.78, 5) is 13.2. The van der Waals surface area contributed by atoms with E-state index in [2.05, 4.69) is 4.98 Å². The van der Waals surface area contributed by atoms with Crippen molar-refractivity contribution < 1.29 is 17.6 Å². The Bertz CT molecular complexity index is 613. The number of benzene rings is 1. The molecule has 94 valence electrons. The maximum absolute atomic E-state index is 13.4. The van der Waals surface area contributed by atoms with E-state index in [9.17, 15) is 22.4 Å². The first-order valence-corrected chi connectivity index (χ1v) is 4.94. The molecule has 0 aliphatic heterocycles. The van der Waals surface area contributed by atoms with Gasteiger partial charge >= 0.3 is 6.18 Å². The van der Waals surface area contributed by atoms with Gasteiger partial charge in [0.15, 0.2) is 0 Å². The number of aromatic amines is 1. The van der Waals surface area contributed by atoms with Crippen molar-refractivity contribution in [1.29, 1.82) is 0 Å². The van der Waals surface area contributed by atoms with Gasteiger partial charge < -0.3 is 4.98 Å². The molecule has 0 amide bonds. The van der Waals surface area contributed by atoms with Crippen LogP contribution in [0.2, 0.25) is 0 Å². The maximum Gasteiger partial charge on any atom is 0.416 e. The van der Waals surface area contributed by atoms with Gasteiger partial charge in [0.2, 0.25) is 5.56 Å². The first-order chi connectivity index (χ1) is 8.38. The van der Waals surface area contributed by atoms with Gasteiger partial charge in [-0.3, -0.25) is 4.79 Å². The molecule has 0 saturated heterocycles. The third kappa shape index (κ3) is 2.42. The molecule has 0 bridgehead atoms. The van der Waals surface area contributed by atoms with Crippen LogP contribution in [0, 0.1) is 5.82 Å². The maximum atomic E-state index is 13.4. The smallest absolute Gasteiger partial charge is 0.326 e. The van der Waals surface area contributed by atoms with Gasteiger partial charge in [-0.25, -0.2) is 4.39 Å². The molecule has 2 aromatic rings. The highest BCUT2D eigenvalue weighted by atomic mass is 19.4. The van der Waals surface area contributed by atoms with Crippen molar-refractivity contribution in [2.24, 2.45) is 0 Å². The fraction of sp³-hybridized carbons (Fsp3) is 0.0833. The molecule has 2 rings (SSSR count). The van der Waals surface area contributed by atoms with E-state index in [1.165, 1.54) is 0 Å². The van der Waals surface area contributed by atoms with Crippen LogP contribution >= 0.6 is 0 Å². The number of rotatable bonds is 1. The van der Waals surface area contributed by atoms with E-state index in [-0.39, 0.29) is 11.1 Å². The fourth-order valence-electron chi connectivity index (χ4n) is 1.51. The van der Waals surface area contributed by atoms with Crippen LogP contribution in [0.5, 0.6) is 0 Å². The minimum absolute atomic E-state index is 0.0347. The Labute approximate surface area is 98.9 Å². The van der Waals surface area contributed by atoms with Gasteiger partial charge in [0.25, 0.3) is 0 Å². The van der Waals surface area contributed by atoms with E-state index in [0.29, 0.717) is 0 Å². The van der Waals surface area contributed by atoms with Gasteiger partial charge in [-0.2, -0.15) is 13.2 Å². The summed E-state index contributed by atoms with van der Waals surface area (Å²) in [6.45, 7) is 0. The molecule has 0 saturated carbocycles. The predicted octanol–water partition coefficient (Wildman–Crippen LogP) is 3.20. The van der Waals surface area contributed by atoms with E-state index in [1.54, 1.807) is 0 Å². The Morgan fingerprint density at radius 3 is 2.22 bits per heavy atom. The largest absolute Gasteiger partial charge is 0.416 e.